The Bertz CT molecular complexity index is 724. The number of nitrogens with one attached hydrogen (secondary N) is 1. The van der Waals surface area contributed by atoms with E-state index in [1.165, 1.54) is 12.5 Å². The topological polar surface area (TPSA) is 58.6 Å². The van der Waals surface area contributed by atoms with Gasteiger partial charge in [0.15, 0.2) is 0 Å². The largest absolute Gasteiger partial charge is 0.497 e. The highest BCUT2D eigenvalue weighted by atomic mass is 16.5. The van der Waals surface area contributed by atoms with Gasteiger partial charge in [-0.25, -0.2) is 0 Å². The predicted molar refractivity (Wildman–Crippen MR) is 104 cm³/mol. The lowest BCUT2D eigenvalue weighted by molar-refractivity contribution is -0.121. The van der Waals surface area contributed by atoms with Crippen molar-refractivity contribution in [2.24, 2.45) is 0 Å². The van der Waals surface area contributed by atoms with Gasteiger partial charge in [-0.3, -0.25) is 9.59 Å². The third-order valence-corrected chi connectivity index (χ3v) is 4.22. The molecule has 0 fully saturated rings. The fourth-order valence-electron chi connectivity index (χ4n) is 2.68. The van der Waals surface area contributed by atoms with Crippen LogP contribution in [0.1, 0.15) is 25.0 Å². The third-order valence-electron chi connectivity index (χ3n) is 4.22. The predicted octanol–water partition coefficient (Wildman–Crippen LogP) is 2.97. The summed E-state index contributed by atoms with van der Waals surface area (Å²) in [5.41, 5.74) is 2.99. The highest BCUT2D eigenvalue weighted by molar-refractivity contribution is 5.91. The number of carbonyl (C=O) groups is 2. The van der Waals surface area contributed by atoms with E-state index in [2.05, 4.69) is 12.2 Å². The maximum Gasteiger partial charge on any atom is 0.224 e. The smallest absolute Gasteiger partial charge is 0.224 e. The molecule has 0 atom stereocenters. The number of aryl methyl sites for hydroxylation is 1. The number of anilines is 1. The first kappa shape index (κ1) is 19.5. The summed E-state index contributed by atoms with van der Waals surface area (Å²) in [6.45, 7) is 4.47. The van der Waals surface area contributed by atoms with Crippen molar-refractivity contribution in [3.05, 3.63) is 59.7 Å². The zero-order valence-electron chi connectivity index (χ0n) is 15.6. The molecule has 0 radical (unpaired) electrons. The molecule has 0 aliphatic carbocycles. The highest BCUT2D eigenvalue weighted by Crippen LogP contribution is 2.16. The third kappa shape index (κ3) is 5.62. The molecule has 0 aliphatic rings. The molecule has 0 unspecified atom stereocenters. The van der Waals surface area contributed by atoms with Gasteiger partial charge < -0.3 is 15.0 Å². The average Bonchev–Trinajstić information content (AvgIpc) is 2.66. The molecule has 0 saturated carbocycles. The second kappa shape index (κ2) is 9.61. The fourth-order valence-corrected chi connectivity index (χ4v) is 2.68. The molecular formula is C21H26N2O3. The summed E-state index contributed by atoms with van der Waals surface area (Å²) in [6.07, 6.45) is 1.26. The van der Waals surface area contributed by atoms with Crippen LogP contribution in [0.5, 0.6) is 5.75 Å². The number of hydrogen-bond donors (Lipinski definition) is 1. The number of carbonyl (C=O) groups excluding carboxylic acids is 2. The minimum Gasteiger partial charge on any atom is -0.497 e. The van der Waals surface area contributed by atoms with Crippen molar-refractivity contribution in [2.75, 3.05) is 25.1 Å². The van der Waals surface area contributed by atoms with E-state index < -0.39 is 0 Å². The number of amides is 2. The minimum atomic E-state index is -0.0694. The first-order valence-corrected chi connectivity index (χ1v) is 8.80. The normalized spacial score (nSPS) is 10.3. The van der Waals surface area contributed by atoms with Crippen LogP contribution in [0.2, 0.25) is 0 Å². The molecule has 2 rings (SSSR count). The zero-order chi connectivity index (χ0) is 18.9. The Balaban J connectivity index is 1.86. The number of hydrogen-bond acceptors (Lipinski definition) is 3. The minimum absolute atomic E-state index is 0.0429. The van der Waals surface area contributed by atoms with Crippen LogP contribution in [0.3, 0.4) is 0 Å². The van der Waals surface area contributed by atoms with E-state index in [9.17, 15) is 9.59 Å². The molecule has 0 aliphatic heterocycles. The lowest BCUT2D eigenvalue weighted by atomic mass is 10.1. The van der Waals surface area contributed by atoms with Gasteiger partial charge in [0.25, 0.3) is 0 Å². The SMILES string of the molecule is CCc1ccc(N(CCNC(=O)Cc2ccc(OC)cc2)C(C)=O)cc1. The molecule has 2 aromatic carbocycles. The van der Waals surface area contributed by atoms with Crippen molar-refractivity contribution in [2.45, 2.75) is 26.7 Å². The quantitative estimate of drug-likeness (QED) is 0.793. The lowest BCUT2D eigenvalue weighted by Gasteiger charge is -2.21. The number of nitrogens with zero attached hydrogens (tertiary/aromatic N) is 1. The summed E-state index contributed by atoms with van der Waals surface area (Å²) < 4.78 is 5.11. The van der Waals surface area contributed by atoms with E-state index in [1.807, 2.05) is 48.5 Å². The van der Waals surface area contributed by atoms with E-state index in [4.69, 9.17) is 4.74 Å². The fraction of sp³-hybridized carbons (Fsp3) is 0.333. The summed E-state index contributed by atoms with van der Waals surface area (Å²) >= 11 is 0. The van der Waals surface area contributed by atoms with E-state index in [-0.39, 0.29) is 11.8 Å². The van der Waals surface area contributed by atoms with Gasteiger partial charge >= 0.3 is 0 Å². The maximum atomic E-state index is 12.1. The van der Waals surface area contributed by atoms with Crippen LogP contribution in [0.15, 0.2) is 48.5 Å². The molecule has 1 N–H and O–H groups in total. The van der Waals surface area contributed by atoms with Crippen LogP contribution >= 0.6 is 0 Å². The van der Waals surface area contributed by atoms with Crippen molar-refractivity contribution in [3.8, 4) is 5.75 Å². The Morgan fingerprint density at radius 2 is 1.62 bits per heavy atom. The van der Waals surface area contributed by atoms with Crippen molar-refractivity contribution in [1.29, 1.82) is 0 Å². The van der Waals surface area contributed by atoms with Gasteiger partial charge in [-0.1, -0.05) is 31.2 Å². The Kier molecular flexibility index (Phi) is 7.21. The van der Waals surface area contributed by atoms with E-state index in [1.54, 1.807) is 12.0 Å². The van der Waals surface area contributed by atoms with Crippen LogP contribution in [-0.2, 0) is 22.4 Å². The molecule has 26 heavy (non-hydrogen) atoms. The molecule has 138 valence electrons. The summed E-state index contributed by atoms with van der Waals surface area (Å²) in [4.78, 5) is 25.7. The number of rotatable bonds is 8. The molecule has 0 saturated heterocycles. The van der Waals surface area contributed by atoms with Gasteiger partial charge in [-0.2, -0.15) is 0 Å². The Morgan fingerprint density at radius 3 is 2.15 bits per heavy atom. The number of ether oxygens (including phenoxy) is 1. The van der Waals surface area contributed by atoms with Gasteiger partial charge in [0.1, 0.15) is 5.75 Å². The van der Waals surface area contributed by atoms with E-state index >= 15 is 0 Å². The molecule has 0 heterocycles. The zero-order valence-corrected chi connectivity index (χ0v) is 15.6. The molecule has 0 bridgehead atoms. The van der Waals surface area contributed by atoms with Crippen molar-refractivity contribution in [3.63, 3.8) is 0 Å². The first-order valence-electron chi connectivity index (χ1n) is 8.80. The molecule has 5 heteroatoms. The Morgan fingerprint density at radius 1 is 1.00 bits per heavy atom. The van der Waals surface area contributed by atoms with E-state index in [0.29, 0.717) is 19.5 Å². The average molecular weight is 354 g/mol. The van der Waals surface area contributed by atoms with Gasteiger partial charge in [0, 0.05) is 25.7 Å². The Labute approximate surface area is 155 Å². The molecule has 2 aromatic rings. The monoisotopic (exact) mass is 354 g/mol. The molecular weight excluding hydrogens is 328 g/mol. The summed E-state index contributed by atoms with van der Waals surface area (Å²) in [6, 6.07) is 15.3. The highest BCUT2D eigenvalue weighted by Gasteiger charge is 2.12. The van der Waals surface area contributed by atoms with Crippen LogP contribution in [0.4, 0.5) is 5.69 Å². The van der Waals surface area contributed by atoms with Gasteiger partial charge in [0.2, 0.25) is 11.8 Å². The van der Waals surface area contributed by atoms with Crippen molar-refractivity contribution < 1.29 is 14.3 Å². The van der Waals surface area contributed by atoms with Crippen LogP contribution in [0.25, 0.3) is 0 Å². The van der Waals surface area contributed by atoms with Crippen molar-refractivity contribution in [1.82, 2.24) is 5.32 Å². The van der Waals surface area contributed by atoms with Gasteiger partial charge in [-0.05, 0) is 41.8 Å². The number of methoxy groups -OCH3 is 1. The van der Waals surface area contributed by atoms with Crippen molar-refractivity contribution >= 4 is 17.5 Å². The second-order valence-corrected chi connectivity index (χ2v) is 6.07. The molecule has 0 spiro atoms. The first-order chi connectivity index (χ1) is 12.5. The standard InChI is InChI=1S/C21H26N2O3/c1-4-17-5-9-19(10-6-17)23(16(2)24)14-13-22-21(25)15-18-7-11-20(26-3)12-8-18/h5-12H,4,13-15H2,1-3H3,(H,22,25). The van der Waals surface area contributed by atoms with Crippen LogP contribution in [-0.4, -0.2) is 32.0 Å². The van der Waals surface area contributed by atoms with Crippen LogP contribution < -0.4 is 15.0 Å². The van der Waals surface area contributed by atoms with Gasteiger partial charge in [-0.15, -0.1) is 0 Å². The molecule has 5 nitrogen and oxygen atoms in total. The second-order valence-electron chi connectivity index (χ2n) is 6.07. The number of benzene rings is 2. The lowest BCUT2D eigenvalue weighted by Crippen LogP contribution is -2.38. The molecule has 2 amide bonds. The van der Waals surface area contributed by atoms with E-state index in [0.717, 1.165) is 23.4 Å². The summed E-state index contributed by atoms with van der Waals surface area (Å²) in [5, 5.41) is 2.87. The Hall–Kier alpha value is -2.82. The van der Waals surface area contributed by atoms with Gasteiger partial charge in [0.05, 0.1) is 13.5 Å². The summed E-state index contributed by atoms with van der Waals surface area (Å²) in [5.74, 6) is 0.652. The maximum absolute atomic E-state index is 12.1. The summed E-state index contributed by atoms with van der Waals surface area (Å²) in [7, 11) is 1.61. The van der Waals surface area contributed by atoms with Crippen LogP contribution in [0, 0.1) is 0 Å². The molecule has 0 aromatic heterocycles.